The van der Waals surface area contributed by atoms with Crippen molar-refractivity contribution >= 4 is 5.91 Å². The number of carbonyl (C=O) groups is 1. The molecule has 2 heteroatoms. The first kappa shape index (κ1) is 16.3. The fraction of sp³-hybridized carbons (Fsp3) is 0.737. The van der Waals surface area contributed by atoms with Crippen LogP contribution < -0.4 is 0 Å². The molecule has 118 valence electrons. The lowest BCUT2D eigenvalue weighted by molar-refractivity contribution is -0.126. The Bertz CT molecular complexity index is 429. The monoisotopic (exact) mass is 289 g/mol. The number of nitrogens with zero attached hydrogens (tertiary/aromatic N) is 1. The predicted octanol–water partition coefficient (Wildman–Crippen LogP) is 4.57. The van der Waals surface area contributed by atoms with Crippen LogP contribution in [-0.2, 0) is 4.79 Å². The molecule has 2 saturated carbocycles. The van der Waals surface area contributed by atoms with Gasteiger partial charge in [-0.3, -0.25) is 4.79 Å². The molecule has 0 heterocycles. The molecule has 0 aromatic heterocycles. The molecule has 0 spiro atoms. The zero-order chi connectivity index (χ0) is 15.5. The summed E-state index contributed by atoms with van der Waals surface area (Å²) in [6, 6.07) is 0. The first-order valence-electron chi connectivity index (χ1n) is 8.49. The van der Waals surface area contributed by atoms with Gasteiger partial charge in [0.2, 0.25) is 5.91 Å². The van der Waals surface area contributed by atoms with E-state index in [2.05, 4.69) is 31.7 Å². The second-order valence-electron chi connectivity index (χ2n) is 7.56. The quantitative estimate of drug-likeness (QED) is 0.473. The third-order valence-electron chi connectivity index (χ3n) is 5.04. The second-order valence-corrected chi connectivity index (χ2v) is 7.56. The molecular weight excluding hydrogens is 258 g/mol. The van der Waals surface area contributed by atoms with Crippen molar-refractivity contribution in [2.45, 2.75) is 59.8 Å². The van der Waals surface area contributed by atoms with Gasteiger partial charge < -0.3 is 4.90 Å². The molecule has 0 radical (unpaired) electrons. The molecule has 2 nitrogen and oxygen atoms in total. The molecule has 2 atom stereocenters. The molecule has 2 rings (SSSR count). The molecular formula is C19H31NO. The van der Waals surface area contributed by atoms with E-state index in [4.69, 9.17) is 0 Å². The van der Waals surface area contributed by atoms with E-state index in [1.54, 1.807) is 6.08 Å². The van der Waals surface area contributed by atoms with Gasteiger partial charge in [-0.2, -0.15) is 0 Å². The highest BCUT2D eigenvalue weighted by molar-refractivity contribution is 5.87. The third kappa shape index (κ3) is 5.01. The van der Waals surface area contributed by atoms with Crippen LogP contribution in [0.5, 0.6) is 0 Å². The van der Waals surface area contributed by atoms with E-state index >= 15 is 0 Å². The second kappa shape index (κ2) is 6.81. The van der Waals surface area contributed by atoms with E-state index in [0.29, 0.717) is 11.3 Å². The smallest absolute Gasteiger partial charge is 0.246 e. The first-order valence-corrected chi connectivity index (χ1v) is 8.49. The van der Waals surface area contributed by atoms with Crippen molar-refractivity contribution in [2.24, 2.45) is 17.3 Å². The minimum Gasteiger partial charge on any atom is -0.339 e. The van der Waals surface area contributed by atoms with E-state index in [1.807, 2.05) is 13.0 Å². The van der Waals surface area contributed by atoms with Gasteiger partial charge in [-0.1, -0.05) is 24.6 Å². The Morgan fingerprint density at radius 1 is 1.29 bits per heavy atom. The average molecular weight is 289 g/mol. The van der Waals surface area contributed by atoms with E-state index < -0.39 is 0 Å². The maximum absolute atomic E-state index is 12.2. The van der Waals surface area contributed by atoms with Crippen LogP contribution in [0.4, 0.5) is 0 Å². The Balaban J connectivity index is 1.83. The fourth-order valence-corrected chi connectivity index (χ4v) is 3.17. The SMILES string of the molecule is C/C=C/C(=O)N(CC1CC1)C[C@H]1CC1(C)CCC=C(C)C. The molecule has 2 aliphatic carbocycles. The van der Waals surface area contributed by atoms with Crippen molar-refractivity contribution in [3.05, 3.63) is 23.8 Å². The lowest BCUT2D eigenvalue weighted by Crippen LogP contribution is -2.34. The number of rotatable bonds is 8. The van der Waals surface area contributed by atoms with Gasteiger partial charge >= 0.3 is 0 Å². The summed E-state index contributed by atoms with van der Waals surface area (Å²) < 4.78 is 0. The standard InChI is InChI=1S/C19H31NO/c1-5-7-18(21)20(13-16-9-10-16)14-17-12-19(17,4)11-6-8-15(2)3/h5,7-8,16-17H,6,9-14H2,1-4H3/b7-5+/t17-,19?/m1/s1. The average Bonchev–Trinajstić information content (AvgIpc) is 3.29. The van der Waals surface area contributed by atoms with Crippen molar-refractivity contribution in [3.63, 3.8) is 0 Å². The van der Waals surface area contributed by atoms with Gasteiger partial charge in [0.05, 0.1) is 0 Å². The molecule has 0 N–H and O–H groups in total. The fourth-order valence-electron chi connectivity index (χ4n) is 3.17. The molecule has 2 fully saturated rings. The molecule has 1 unspecified atom stereocenters. The number of hydrogen-bond donors (Lipinski definition) is 0. The summed E-state index contributed by atoms with van der Waals surface area (Å²) in [6.07, 6.45) is 12.3. The number of carbonyl (C=O) groups excluding carboxylic acids is 1. The van der Waals surface area contributed by atoms with Gasteiger partial charge in [-0.05, 0) is 76.2 Å². The largest absolute Gasteiger partial charge is 0.339 e. The molecule has 0 bridgehead atoms. The Morgan fingerprint density at radius 3 is 2.57 bits per heavy atom. The maximum atomic E-state index is 12.2. The topological polar surface area (TPSA) is 20.3 Å². The lowest BCUT2D eigenvalue weighted by atomic mass is 9.98. The summed E-state index contributed by atoms with van der Waals surface area (Å²) in [5.74, 6) is 1.69. The minimum atomic E-state index is 0.211. The first-order chi connectivity index (χ1) is 9.94. The van der Waals surface area contributed by atoms with Crippen molar-refractivity contribution in [1.82, 2.24) is 4.90 Å². The number of hydrogen-bond acceptors (Lipinski definition) is 1. The van der Waals surface area contributed by atoms with E-state index in [-0.39, 0.29) is 5.91 Å². The predicted molar refractivity (Wildman–Crippen MR) is 89.0 cm³/mol. The Hall–Kier alpha value is -1.05. The Kier molecular flexibility index (Phi) is 5.29. The highest BCUT2D eigenvalue weighted by atomic mass is 16.2. The van der Waals surface area contributed by atoms with Crippen molar-refractivity contribution in [3.8, 4) is 0 Å². The lowest BCUT2D eigenvalue weighted by Gasteiger charge is -2.22. The van der Waals surface area contributed by atoms with Crippen LogP contribution in [-0.4, -0.2) is 23.9 Å². The Labute approximate surface area is 130 Å². The molecule has 0 aromatic carbocycles. The van der Waals surface area contributed by atoms with Gasteiger partial charge in [0.1, 0.15) is 0 Å². The molecule has 0 aromatic rings. The zero-order valence-corrected chi connectivity index (χ0v) is 14.2. The van der Waals surface area contributed by atoms with Crippen LogP contribution in [0.1, 0.15) is 59.8 Å². The number of allylic oxidation sites excluding steroid dienone is 3. The van der Waals surface area contributed by atoms with Crippen molar-refractivity contribution in [1.29, 1.82) is 0 Å². The molecule has 21 heavy (non-hydrogen) atoms. The van der Waals surface area contributed by atoms with Crippen LogP contribution in [0.3, 0.4) is 0 Å². The van der Waals surface area contributed by atoms with Crippen molar-refractivity contribution < 1.29 is 4.79 Å². The summed E-state index contributed by atoms with van der Waals surface area (Å²) in [7, 11) is 0. The summed E-state index contributed by atoms with van der Waals surface area (Å²) in [5.41, 5.74) is 1.87. The van der Waals surface area contributed by atoms with Crippen LogP contribution >= 0.6 is 0 Å². The van der Waals surface area contributed by atoms with Gasteiger partial charge in [-0.15, -0.1) is 0 Å². The summed E-state index contributed by atoms with van der Waals surface area (Å²) >= 11 is 0. The molecule has 2 aliphatic rings. The summed E-state index contributed by atoms with van der Waals surface area (Å²) in [4.78, 5) is 14.3. The van der Waals surface area contributed by atoms with Crippen LogP contribution in [0.2, 0.25) is 0 Å². The number of amides is 1. The van der Waals surface area contributed by atoms with E-state index in [1.165, 1.54) is 37.7 Å². The van der Waals surface area contributed by atoms with Crippen LogP contribution in [0.15, 0.2) is 23.8 Å². The normalized spacial score (nSPS) is 27.7. The minimum absolute atomic E-state index is 0.211. The van der Waals surface area contributed by atoms with E-state index in [0.717, 1.165) is 19.0 Å². The highest BCUT2D eigenvalue weighted by Crippen LogP contribution is 2.56. The van der Waals surface area contributed by atoms with Gasteiger partial charge in [0.25, 0.3) is 0 Å². The van der Waals surface area contributed by atoms with Gasteiger partial charge in [0, 0.05) is 13.1 Å². The zero-order valence-electron chi connectivity index (χ0n) is 14.2. The van der Waals surface area contributed by atoms with Gasteiger partial charge in [0.15, 0.2) is 0 Å². The molecule has 0 aliphatic heterocycles. The van der Waals surface area contributed by atoms with Crippen LogP contribution in [0.25, 0.3) is 0 Å². The Morgan fingerprint density at radius 2 is 2.00 bits per heavy atom. The van der Waals surface area contributed by atoms with E-state index in [9.17, 15) is 4.79 Å². The highest BCUT2D eigenvalue weighted by Gasteiger charge is 2.49. The van der Waals surface area contributed by atoms with Crippen molar-refractivity contribution in [2.75, 3.05) is 13.1 Å². The third-order valence-corrected chi connectivity index (χ3v) is 5.04. The summed E-state index contributed by atoms with van der Waals surface area (Å²) in [6.45, 7) is 10.6. The molecule has 0 saturated heterocycles. The summed E-state index contributed by atoms with van der Waals surface area (Å²) in [5, 5.41) is 0. The maximum Gasteiger partial charge on any atom is 0.246 e. The molecule has 1 amide bonds. The van der Waals surface area contributed by atoms with Gasteiger partial charge in [-0.25, -0.2) is 0 Å². The van der Waals surface area contributed by atoms with Crippen LogP contribution in [0, 0.1) is 17.3 Å².